The first kappa shape index (κ1) is 32.8. The molecule has 2 aromatic rings. The molecule has 0 atom stereocenters. The van der Waals surface area contributed by atoms with E-state index in [1.807, 2.05) is 0 Å². The van der Waals surface area contributed by atoms with E-state index in [9.17, 15) is 0 Å². The van der Waals surface area contributed by atoms with Crippen LogP contribution in [0.25, 0.3) is 0 Å². The Bertz CT molecular complexity index is 1100. The fourth-order valence-electron chi connectivity index (χ4n) is 7.70. The van der Waals surface area contributed by atoms with Crippen molar-refractivity contribution in [3.63, 3.8) is 0 Å². The number of para-hydroxylation sites is 4. The number of nitrogens with zero attached hydrogens (tertiary/aromatic N) is 4. The van der Waals surface area contributed by atoms with Crippen molar-refractivity contribution in [3.8, 4) is 0 Å². The van der Waals surface area contributed by atoms with Crippen LogP contribution in [-0.2, 0) is 0 Å². The van der Waals surface area contributed by atoms with E-state index in [1.54, 1.807) is 13.3 Å². The fraction of sp³-hybridized carbons (Fsp3) is 0.500. The predicted octanol–water partition coefficient (Wildman–Crippen LogP) is 9.87. The molecule has 0 fully saturated rings. The van der Waals surface area contributed by atoms with Crippen LogP contribution in [0.5, 0.6) is 0 Å². The third kappa shape index (κ3) is 6.24. The number of hydrogen-bond donors (Lipinski definition) is 0. The van der Waals surface area contributed by atoms with Gasteiger partial charge in [-0.25, -0.2) is 0 Å². The van der Waals surface area contributed by atoms with Crippen LogP contribution in [0.4, 0.5) is 22.7 Å². The van der Waals surface area contributed by atoms with Crippen LogP contribution < -0.4 is 18.3 Å². The van der Waals surface area contributed by atoms with E-state index in [4.69, 9.17) is 0 Å². The number of unbranched alkanes of at least 4 members (excludes halogenated alkanes) is 3. The second kappa shape index (κ2) is 15.6. The Balaban J connectivity index is 1.79. The summed E-state index contributed by atoms with van der Waals surface area (Å²) >= 11 is -2.26. The summed E-state index contributed by atoms with van der Waals surface area (Å²) in [5.74, 6) is 0. The molecule has 0 radical (unpaired) electrons. The minimum atomic E-state index is -2.69. The predicted molar refractivity (Wildman–Crippen MR) is 193 cm³/mol. The molecular weight excluding hydrogens is 635 g/mol. The molecule has 228 valence electrons. The molecule has 2 aliphatic rings. The molecule has 4 nitrogen and oxygen atoms in total. The Morgan fingerprint density at radius 3 is 1.21 bits per heavy atom. The summed E-state index contributed by atoms with van der Waals surface area (Å²) in [7, 11) is -2.69. The van der Waals surface area contributed by atoms with Gasteiger partial charge in [0.1, 0.15) is 0 Å². The van der Waals surface area contributed by atoms with Gasteiger partial charge in [-0.15, -0.1) is 0 Å². The molecule has 6 heteroatoms. The molecule has 0 saturated carbocycles. The van der Waals surface area contributed by atoms with Crippen molar-refractivity contribution in [2.45, 2.75) is 83.5 Å². The van der Waals surface area contributed by atoms with Gasteiger partial charge in [-0.2, -0.15) is 0 Å². The normalized spacial score (nSPS) is 15.3. The summed E-state index contributed by atoms with van der Waals surface area (Å²) in [5.41, 5.74) is 5.37. The second-order valence-corrected chi connectivity index (χ2v) is 30.0. The second-order valence-electron chi connectivity index (χ2n) is 12.3. The van der Waals surface area contributed by atoms with Gasteiger partial charge in [0.2, 0.25) is 0 Å². The molecule has 0 aromatic heterocycles. The maximum atomic E-state index is 4.24. The van der Waals surface area contributed by atoms with Crippen LogP contribution in [-0.4, -0.2) is 53.3 Å². The first-order valence-electron chi connectivity index (χ1n) is 16.7. The topological polar surface area (TPSA) is 13.0 Å². The number of fused-ring (bicyclic) bond motifs is 2. The molecule has 42 heavy (non-hydrogen) atoms. The molecule has 0 amide bonds. The zero-order chi connectivity index (χ0) is 30.0. The zero-order valence-electron chi connectivity index (χ0n) is 26.9. The van der Waals surface area contributed by atoms with Crippen molar-refractivity contribution in [2.75, 3.05) is 44.4 Å². The molecule has 0 saturated heterocycles. The van der Waals surface area contributed by atoms with Gasteiger partial charge in [-0.1, -0.05) is 0 Å². The van der Waals surface area contributed by atoms with E-state index in [2.05, 4.69) is 126 Å². The third-order valence-electron chi connectivity index (χ3n) is 9.58. The monoisotopic (exact) mass is 692 g/mol. The zero-order valence-corrected chi connectivity index (χ0v) is 30.7. The summed E-state index contributed by atoms with van der Waals surface area (Å²) in [6, 6.07) is 18.2. The average molecular weight is 692 g/mol. The van der Waals surface area contributed by atoms with Gasteiger partial charge in [0.05, 0.1) is 0 Å². The molecule has 4 rings (SSSR count). The van der Waals surface area contributed by atoms with E-state index in [0.717, 1.165) is 26.2 Å². The van der Waals surface area contributed by atoms with E-state index in [1.165, 1.54) is 72.1 Å². The summed E-state index contributed by atoms with van der Waals surface area (Å²) in [4.78, 5) is 0. The van der Waals surface area contributed by atoms with Crippen molar-refractivity contribution >= 4 is 49.8 Å². The molecule has 0 unspecified atom stereocenters. The maximum absolute atomic E-state index is 4.24. The van der Waals surface area contributed by atoms with Crippen molar-refractivity contribution in [2.24, 2.45) is 0 Å². The SMILES string of the molecule is C=CCN1c2ccccc2N(CC=C)[Si]12N(CC=C)c1ccccc1N2CC[CH2][Sn]([CH2]CCC)([CH2]CCC)[CH2]CCC. The number of anilines is 4. The Morgan fingerprint density at radius 2 is 0.881 bits per heavy atom. The van der Waals surface area contributed by atoms with Gasteiger partial charge in [-0.05, 0) is 0 Å². The van der Waals surface area contributed by atoms with Crippen molar-refractivity contribution in [1.82, 2.24) is 0 Å². The van der Waals surface area contributed by atoms with Gasteiger partial charge >= 0.3 is 264 Å². The van der Waals surface area contributed by atoms with Crippen LogP contribution in [0, 0.1) is 0 Å². The van der Waals surface area contributed by atoms with E-state index < -0.39 is 27.1 Å². The molecule has 2 heterocycles. The van der Waals surface area contributed by atoms with Gasteiger partial charge in [0.25, 0.3) is 0 Å². The average Bonchev–Trinajstić information content (AvgIpc) is 3.44. The molecule has 0 bridgehead atoms. The molecule has 2 aromatic carbocycles. The number of rotatable bonds is 19. The molecular formula is C36H56N4SiSn. The van der Waals surface area contributed by atoms with Crippen LogP contribution in [0.1, 0.15) is 65.7 Å². The summed E-state index contributed by atoms with van der Waals surface area (Å²) in [6.45, 7) is 23.5. The van der Waals surface area contributed by atoms with Gasteiger partial charge in [0, 0.05) is 0 Å². The molecule has 0 N–H and O–H groups in total. The summed E-state index contributed by atoms with van der Waals surface area (Å²) in [5, 5.41) is 0. The first-order chi connectivity index (χ1) is 20.6. The number of hydrogen-bond acceptors (Lipinski definition) is 4. The summed E-state index contributed by atoms with van der Waals surface area (Å²) in [6.07, 6.45) is 15.9. The van der Waals surface area contributed by atoms with Gasteiger partial charge < -0.3 is 0 Å². The van der Waals surface area contributed by atoms with Crippen molar-refractivity contribution < 1.29 is 0 Å². The Labute approximate surface area is 263 Å². The van der Waals surface area contributed by atoms with E-state index in [0.29, 0.717) is 0 Å². The third-order valence-corrected chi connectivity index (χ3v) is 30.4. The van der Waals surface area contributed by atoms with Crippen LogP contribution >= 0.6 is 0 Å². The first-order valence-corrected chi connectivity index (χ1v) is 26.6. The van der Waals surface area contributed by atoms with Crippen molar-refractivity contribution in [3.05, 3.63) is 86.5 Å². The number of benzene rings is 2. The van der Waals surface area contributed by atoms with Crippen molar-refractivity contribution in [1.29, 1.82) is 0 Å². The van der Waals surface area contributed by atoms with E-state index in [-0.39, 0.29) is 0 Å². The fourth-order valence-corrected chi connectivity index (χ4v) is 29.4. The Hall–Kier alpha value is -2.12. The van der Waals surface area contributed by atoms with Crippen LogP contribution in [0.15, 0.2) is 86.5 Å². The molecule has 2 aliphatic heterocycles. The summed E-state index contributed by atoms with van der Waals surface area (Å²) < 4.78 is 17.3. The minimum absolute atomic E-state index is 0.821. The van der Waals surface area contributed by atoms with E-state index >= 15 is 0 Å². The standard InChI is InChI=1S/C24H29N4Si.3C4H9.Sn/c1-5-17-25-21-13-9-10-14-22(21)26(18-6-2)29(25)27(19-7-3)23-15-11-12-16-24(23)28(29)20-8-4;3*1-3-4-2;/h5-7,9-16H,1-4,8,17-20H2;3*1,3-4H2,2H3;. The quantitative estimate of drug-likeness (QED) is 0.107. The Morgan fingerprint density at radius 1 is 0.548 bits per heavy atom. The molecule has 0 aliphatic carbocycles. The van der Waals surface area contributed by atoms with Crippen LogP contribution in [0.2, 0.25) is 17.7 Å². The van der Waals surface area contributed by atoms with Gasteiger partial charge in [0.15, 0.2) is 0 Å². The Kier molecular flexibility index (Phi) is 12.1. The van der Waals surface area contributed by atoms with Crippen LogP contribution in [0.3, 0.4) is 0 Å². The molecule has 1 spiro atoms. The van der Waals surface area contributed by atoms with Gasteiger partial charge in [-0.3, -0.25) is 0 Å².